The van der Waals surface area contributed by atoms with E-state index in [1.807, 2.05) is 11.4 Å². The maximum Gasteiger partial charge on any atom is 0.288 e. The predicted molar refractivity (Wildman–Crippen MR) is 43.7 cm³/mol. The smallest absolute Gasteiger partial charge is 0.266 e. The molecule has 0 spiro atoms. The monoisotopic (exact) mass is 164 g/mol. The molecular weight excluding hydrogens is 160 g/mol. The molecule has 54 valence electrons. The number of hydrogen-bond acceptors (Lipinski definition) is 4. The van der Waals surface area contributed by atoms with Crippen molar-refractivity contribution in [2.45, 2.75) is 0 Å². The molecule has 2 heterocycles. The molecule has 0 N–H and O–H groups in total. The van der Waals surface area contributed by atoms with Crippen molar-refractivity contribution in [1.82, 2.24) is 9.97 Å². The van der Waals surface area contributed by atoms with Gasteiger partial charge in [0.05, 0.1) is 16.4 Å². The summed E-state index contributed by atoms with van der Waals surface area (Å²) in [5.41, 5.74) is 0.427. The lowest BCUT2D eigenvalue weighted by atomic mass is 10.5. The molecular formula is C7H4N2OS. The van der Waals surface area contributed by atoms with Gasteiger partial charge in [0.25, 0.3) is 5.56 Å². The first-order valence-corrected chi connectivity index (χ1v) is 3.94. The second kappa shape index (κ2) is 2.39. The topological polar surface area (TPSA) is 42.9 Å². The third-order valence-corrected chi connectivity index (χ3v) is 2.12. The van der Waals surface area contributed by atoms with E-state index in [4.69, 9.17) is 0 Å². The molecule has 0 aromatic carbocycles. The highest BCUT2D eigenvalue weighted by atomic mass is 32.1. The lowest BCUT2D eigenvalue weighted by Gasteiger charge is -1.71. The Balaban J connectivity index is 3.00. The van der Waals surface area contributed by atoms with Crippen LogP contribution in [0, 0.1) is 0 Å². The molecule has 0 unspecified atom stereocenters. The van der Waals surface area contributed by atoms with Gasteiger partial charge in [-0.1, -0.05) is 0 Å². The second-order valence-electron chi connectivity index (χ2n) is 2.03. The number of fused-ring (bicyclic) bond motifs is 1. The van der Waals surface area contributed by atoms with Crippen LogP contribution in [0.3, 0.4) is 0 Å². The molecule has 0 saturated heterocycles. The van der Waals surface area contributed by atoms with Gasteiger partial charge in [0.1, 0.15) is 0 Å². The van der Waals surface area contributed by atoms with Crippen molar-refractivity contribution in [2.75, 3.05) is 0 Å². The fourth-order valence-corrected chi connectivity index (χ4v) is 1.52. The number of aromatic nitrogens is 2. The fraction of sp³-hybridized carbons (Fsp3) is 0. The molecule has 0 bridgehead atoms. The quantitative estimate of drug-likeness (QED) is 0.584. The third kappa shape index (κ3) is 1.12. The van der Waals surface area contributed by atoms with Crippen molar-refractivity contribution >= 4 is 21.6 Å². The Kier molecular flexibility index (Phi) is 1.40. The molecule has 2 aromatic heterocycles. The summed E-state index contributed by atoms with van der Waals surface area (Å²) in [7, 11) is 0. The zero-order valence-corrected chi connectivity index (χ0v) is 6.34. The van der Waals surface area contributed by atoms with Gasteiger partial charge in [-0.15, -0.1) is 11.3 Å². The van der Waals surface area contributed by atoms with Gasteiger partial charge in [0.2, 0.25) is 0 Å². The zero-order chi connectivity index (χ0) is 7.68. The van der Waals surface area contributed by atoms with Gasteiger partial charge in [-0.3, -0.25) is 9.78 Å². The van der Waals surface area contributed by atoms with E-state index in [1.165, 1.54) is 17.5 Å². The third-order valence-electron chi connectivity index (χ3n) is 1.28. The molecule has 4 heteroatoms. The molecule has 0 saturated carbocycles. The summed E-state index contributed by atoms with van der Waals surface area (Å²) < 4.78 is 0.937. The summed E-state index contributed by atoms with van der Waals surface area (Å²) in [6.07, 6.45) is 2.86. The van der Waals surface area contributed by atoms with Crippen molar-refractivity contribution < 1.29 is 0 Å². The standard InChI is InChI=1S/C7H4N2OS/c10-7-4-8-3-6-5(9-7)1-2-11-6/h1-4H. The van der Waals surface area contributed by atoms with Crippen LogP contribution < -0.4 is 5.56 Å². The van der Waals surface area contributed by atoms with Crippen molar-refractivity contribution in [2.24, 2.45) is 0 Å². The maximum atomic E-state index is 10.8. The van der Waals surface area contributed by atoms with Crippen LogP contribution in [0.15, 0.2) is 28.6 Å². The number of thiophene rings is 1. The first-order valence-electron chi connectivity index (χ1n) is 3.06. The summed E-state index contributed by atoms with van der Waals surface area (Å²) in [4.78, 5) is 18.4. The molecule has 0 atom stereocenters. The van der Waals surface area contributed by atoms with Gasteiger partial charge >= 0.3 is 0 Å². The van der Waals surface area contributed by atoms with Crippen LogP contribution in [0.25, 0.3) is 10.2 Å². The molecule has 2 aromatic rings. The molecule has 2 rings (SSSR count). The van der Waals surface area contributed by atoms with Crippen LogP contribution in [-0.4, -0.2) is 9.97 Å². The van der Waals surface area contributed by atoms with E-state index >= 15 is 0 Å². The summed E-state index contributed by atoms with van der Waals surface area (Å²) >= 11 is 1.53. The van der Waals surface area contributed by atoms with Gasteiger partial charge in [0.15, 0.2) is 0 Å². The minimum Gasteiger partial charge on any atom is -0.266 e. The lowest BCUT2D eigenvalue weighted by Crippen LogP contribution is -1.98. The van der Waals surface area contributed by atoms with E-state index in [0.717, 1.165) is 10.2 Å². The Bertz CT molecular complexity index is 437. The van der Waals surface area contributed by atoms with Crippen LogP contribution in [0.5, 0.6) is 0 Å². The number of rotatable bonds is 0. The molecule has 0 radical (unpaired) electrons. The summed E-state index contributed by atoms with van der Waals surface area (Å²) in [5, 5.41) is 1.89. The Labute approximate surface area is 66.4 Å². The first-order chi connectivity index (χ1) is 5.36. The normalized spacial score (nSPS) is 10.2. The van der Waals surface area contributed by atoms with Gasteiger partial charge in [0, 0.05) is 6.20 Å². The van der Waals surface area contributed by atoms with E-state index in [2.05, 4.69) is 9.97 Å². The highest BCUT2D eigenvalue weighted by Gasteiger charge is 1.92. The average molecular weight is 164 g/mol. The van der Waals surface area contributed by atoms with Gasteiger partial charge < -0.3 is 0 Å². The molecule has 0 fully saturated rings. The zero-order valence-electron chi connectivity index (χ0n) is 5.52. The van der Waals surface area contributed by atoms with Crippen LogP contribution in [0.1, 0.15) is 0 Å². The minimum absolute atomic E-state index is 0.293. The van der Waals surface area contributed by atoms with Crippen LogP contribution >= 0.6 is 11.3 Å². The van der Waals surface area contributed by atoms with Crippen molar-refractivity contribution in [3.8, 4) is 0 Å². The summed E-state index contributed by atoms with van der Waals surface area (Å²) in [6, 6.07) is 1.81. The Morgan fingerprint density at radius 2 is 2.27 bits per heavy atom. The maximum absolute atomic E-state index is 10.8. The van der Waals surface area contributed by atoms with Crippen molar-refractivity contribution in [3.05, 3.63) is 34.2 Å². The Morgan fingerprint density at radius 1 is 1.36 bits per heavy atom. The van der Waals surface area contributed by atoms with Crippen LogP contribution in [0.4, 0.5) is 0 Å². The van der Waals surface area contributed by atoms with E-state index in [1.54, 1.807) is 6.20 Å². The number of nitrogens with zero attached hydrogens (tertiary/aromatic N) is 2. The SMILES string of the molecule is O=c1cncc2sccc2n1. The first kappa shape index (κ1) is 6.42. The Hall–Kier alpha value is -1.29. The summed E-state index contributed by atoms with van der Waals surface area (Å²) in [6.45, 7) is 0. The minimum atomic E-state index is -0.293. The number of hydrogen-bond donors (Lipinski definition) is 0. The van der Waals surface area contributed by atoms with Crippen molar-refractivity contribution in [1.29, 1.82) is 0 Å². The summed E-state index contributed by atoms with van der Waals surface area (Å²) in [5.74, 6) is 0. The van der Waals surface area contributed by atoms with Crippen LogP contribution in [0.2, 0.25) is 0 Å². The van der Waals surface area contributed by atoms with Gasteiger partial charge in [-0.05, 0) is 11.4 Å². The average Bonchev–Trinajstić information content (AvgIpc) is 2.31. The van der Waals surface area contributed by atoms with E-state index in [-0.39, 0.29) is 5.56 Å². The molecule has 3 nitrogen and oxygen atoms in total. The van der Waals surface area contributed by atoms with Crippen LogP contribution in [-0.2, 0) is 0 Å². The molecule has 0 amide bonds. The van der Waals surface area contributed by atoms with E-state index < -0.39 is 0 Å². The highest BCUT2D eigenvalue weighted by Crippen LogP contribution is 2.14. The molecule has 0 aliphatic carbocycles. The van der Waals surface area contributed by atoms with Gasteiger partial charge in [-0.25, -0.2) is 4.98 Å². The molecule has 11 heavy (non-hydrogen) atoms. The molecule has 0 aliphatic heterocycles. The predicted octanol–water partition coefficient (Wildman–Crippen LogP) is 1.05. The Morgan fingerprint density at radius 3 is 3.18 bits per heavy atom. The fourth-order valence-electron chi connectivity index (χ4n) is 0.820. The second-order valence-corrected chi connectivity index (χ2v) is 2.98. The molecule has 0 aliphatic rings. The largest absolute Gasteiger partial charge is 0.288 e. The van der Waals surface area contributed by atoms with Gasteiger partial charge in [-0.2, -0.15) is 0 Å². The van der Waals surface area contributed by atoms with Crippen molar-refractivity contribution in [3.63, 3.8) is 0 Å². The van der Waals surface area contributed by atoms with E-state index in [9.17, 15) is 4.79 Å². The highest BCUT2D eigenvalue weighted by molar-refractivity contribution is 7.17. The lowest BCUT2D eigenvalue weighted by molar-refractivity contribution is 1.26. The van der Waals surface area contributed by atoms with E-state index in [0.29, 0.717) is 0 Å².